The van der Waals surface area contributed by atoms with Crippen molar-refractivity contribution in [3.63, 3.8) is 0 Å². The van der Waals surface area contributed by atoms with Gasteiger partial charge in [0.05, 0.1) is 12.8 Å². The molecule has 0 aromatic heterocycles. The van der Waals surface area contributed by atoms with Crippen LogP contribution in [0.2, 0.25) is 0 Å². The lowest BCUT2D eigenvalue weighted by molar-refractivity contribution is 0.340. The van der Waals surface area contributed by atoms with Crippen molar-refractivity contribution in [1.82, 2.24) is 10.7 Å². The number of hydrogen-bond acceptors (Lipinski definition) is 3. The summed E-state index contributed by atoms with van der Waals surface area (Å²) >= 11 is 5.18. The minimum atomic E-state index is 0.487. The quantitative estimate of drug-likeness (QED) is 0.489. The van der Waals surface area contributed by atoms with E-state index in [0.717, 1.165) is 11.3 Å². The maximum absolute atomic E-state index is 5.44. The first kappa shape index (κ1) is 16.0. The Bertz CT molecular complexity index is 629. The number of nitrogens with zero attached hydrogens (tertiary/aromatic N) is 1. The summed E-state index contributed by atoms with van der Waals surface area (Å²) in [5.41, 5.74) is 4.92. The summed E-state index contributed by atoms with van der Waals surface area (Å²) < 4.78 is 5.44. The molecule has 4 nitrogen and oxygen atoms in total. The zero-order valence-corrected chi connectivity index (χ0v) is 13.3. The lowest BCUT2D eigenvalue weighted by atomic mass is 10.2. The predicted molar refractivity (Wildman–Crippen MR) is 94.2 cm³/mol. The van der Waals surface area contributed by atoms with Crippen LogP contribution in [-0.4, -0.2) is 17.9 Å². The van der Waals surface area contributed by atoms with Crippen LogP contribution in [0, 0.1) is 0 Å². The monoisotopic (exact) mass is 313 g/mol. The molecule has 2 aromatic rings. The second-order valence-corrected chi connectivity index (χ2v) is 4.95. The van der Waals surface area contributed by atoms with Gasteiger partial charge < -0.3 is 10.1 Å². The molecule has 5 heteroatoms. The number of thiocarbonyl (C=S) groups is 1. The van der Waals surface area contributed by atoms with Crippen LogP contribution in [-0.2, 0) is 6.54 Å². The Kier molecular flexibility index (Phi) is 6.39. The highest BCUT2D eigenvalue weighted by molar-refractivity contribution is 7.80. The molecule has 0 saturated carbocycles. The molecule has 0 heterocycles. The van der Waals surface area contributed by atoms with E-state index in [1.807, 2.05) is 61.5 Å². The van der Waals surface area contributed by atoms with Gasteiger partial charge in [-0.3, -0.25) is 5.43 Å². The van der Waals surface area contributed by atoms with Crippen LogP contribution in [0.3, 0.4) is 0 Å². The van der Waals surface area contributed by atoms with Crippen molar-refractivity contribution in [2.75, 3.05) is 6.61 Å². The molecule has 0 bridgehead atoms. The highest BCUT2D eigenvalue weighted by atomic mass is 32.1. The number of ether oxygens (including phenoxy) is 1. The molecule has 0 aliphatic rings. The zero-order valence-electron chi connectivity index (χ0n) is 12.5. The zero-order chi connectivity index (χ0) is 15.6. The van der Waals surface area contributed by atoms with Gasteiger partial charge in [-0.1, -0.05) is 42.5 Å². The highest BCUT2D eigenvalue weighted by Gasteiger charge is 1.95. The largest absolute Gasteiger partial charge is 0.494 e. The third-order valence-corrected chi connectivity index (χ3v) is 3.08. The van der Waals surface area contributed by atoms with Gasteiger partial charge in [-0.05, 0) is 42.4 Å². The summed E-state index contributed by atoms with van der Waals surface area (Å²) in [7, 11) is 0. The maximum atomic E-state index is 5.44. The van der Waals surface area contributed by atoms with E-state index in [-0.39, 0.29) is 0 Å². The van der Waals surface area contributed by atoms with Crippen LogP contribution in [0.5, 0.6) is 5.75 Å². The van der Waals surface area contributed by atoms with E-state index < -0.39 is 0 Å². The van der Waals surface area contributed by atoms with Crippen LogP contribution >= 0.6 is 12.2 Å². The Labute approximate surface area is 136 Å². The van der Waals surface area contributed by atoms with Crippen molar-refractivity contribution in [3.8, 4) is 5.75 Å². The van der Waals surface area contributed by atoms with E-state index in [1.54, 1.807) is 6.21 Å². The van der Waals surface area contributed by atoms with Crippen molar-refractivity contribution < 1.29 is 4.74 Å². The SMILES string of the molecule is CCOc1cccc(/C=N/NC(=S)NCc2ccccc2)c1. The van der Waals surface area contributed by atoms with Gasteiger partial charge in [0.2, 0.25) is 0 Å². The van der Waals surface area contributed by atoms with Gasteiger partial charge in [-0.15, -0.1) is 0 Å². The molecule has 0 unspecified atom stereocenters. The summed E-state index contributed by atoms with van der Waals surface area (Å²) in [6.07, 6.45) is 1.71. The Morgan fingerprint density at radius 1 is 1.18 bits per heavy atom. The van der Waals surface area contributed by atoms with Gasteiger partial charge >= 0.3 is 0 Å². The van der Waals surface area contributed by atoms with Gasteiger partial charge in [-0.25, -0.2) is 0 Å². The van der Waals surface area contributed by atoms with E-state index in [2.05, 4.69) is 15.8 Å². The molecule has 22 heavy (non-hydrogen) atoms. The number of nitrogens with one attached hydrogen (secondary N) is 2. The molecular formula is C17H19N3OS. The van der Waals surface area contributed by atoms with Gasteiger partial charge in [0.25, 0.3) is 0 Å². The number of hydrazone groups is 1. The third kappa shape index (κ3) is 5.54. The fraction of sp³-hybridized carbons (Fsp3) is 0.176. The lowest BCUT2D eigenvalue weighted by Crippen LogP contribution is -2.31. The molecule has 2 N–H and O–H groups in total. The van der Waals surface area contributed by atoms with Crippen LogP contribution in [0.1, 0.15) is 18.1 Å². The molecule has 0 amide bonds. The van der Waals surface area contributed by atoms with Crippen LogP contribution in [0.25, 0.3) is 0 Å². The lowest BCUT2D eigenvalue weighted by Gasteiger charge is -2.07. The van der Waals surface area contributed by atoms with E-state index >= 15 is 0 Å². The van der Waals surface area contributed by atoms with E-state index in [1.165, 1.54) is 5.56 Å². The van der Waals surface area contributed by atoms with Crippen molar-refractivity contribution in [2.24, 2.45) is 5.10 Å². The summed E-state index contributed by atoms with van der Waals surface area (Å²) in [5, 5.41) is 7.71. The predicted octanol–water partition coefficient (Wildman–Crippen LogP) is 3.08. The average molecular weight is 313 g/mol. The average Bonchev–Trinajstić information content (AvgIpc) is 2.55. The molecule has 114 valence electrons. The molecule has 0 saturated heterocycles. The molecule has 0 aliphatic heterocycles. The van der Waals surface area contributed by atoms with Gasteiger partial charge in [0.15, 0.2) is 5.11 Å². The molecule has 0 aliphatic carbocycles. The second-order valence-electron chi connectivity index (χ2n) is 4.54. The highest BCUT2D eigenvalue weighted by Crippen LogP contribution is 2.11. The van der Waals surface area contributed by atoms with E-state index in [0.29, 0.717) is 18.3 Å². The van der Waals surface area contributed by atoms with Crippen molar-refractivity contribution in [2.45, 2.75) is 13.5 Å². The summed E-state index contributed by atoms with van der Waals surface area (Å²) in [4.78, 5) is 0. The van der Waals surface area contributed by atoms with Crippen LogP contribution in [0.15, 0.2) is 59.7 Å². The van der Waals surface area contributed by atoms with Crippen molar-refractivity contribution in [3.05, 3.63) is 65.7 Å². The van der Waals surface area contributed by atoms with E-state index in [9.17, 15) is 0 Å². The molecule has 2 rings (SSSR count). The first-order valence-corrected chi connectivity index (χ1v) is 7.52. The Morgan fingerprint density at radius 3 is 2.77 bits per heavy atom. The van der Waals surface area contributed by atoms with Crippen LogP contribution < -0.4 is 15.5 Å². The number of hydrogen-bond donors (Lipinski definition) is 2. The van der Waals surface area contributed by atoms with Gasteiger partial charge in [-0.2, -0.15) is 5.10 Å². The number of rotatable bonds is 6. The fourth-order valence-electron chi connectivity index (χ4n) is 1.83. The second kappa shape index (κ2) is 8.79. The summed E-state index contributed by atoms with van der Waals surface area (Å²) in [5.74, 6) is 0.830. The van der Waals surface area contributed by atoms with E-state index in [4.69, 9.17) is 17.0 Å². The molecule has 0 radical (unpaired) electrons. The number of benzene rings is 2. The minimum absolute atomic E-state index is 0.487. The topological polar surface area (TPSA) is 45.6 Å². The standard InChI is InChI=1S/C17H19N3OS/c1-2-21-16-10-6-9-15(11-16)13-19-20-17(22)18-12-14-7-4-3-5-8-14/h3-11,13H,2,12H2,1H3,(H2,18,20,22)/b19-13+. The maximum Gasteiger partial charge on any atom is 0.187 e. The molecule has 2 aromatic carbocycles. The van der Waals surface area contributed by atoms with Gasteiger partial charge in [0.1, 0.15) is 5.75 Å². The Morgan fingerprint density at radius 2 is 2.00 bits per heavy atom. The summed E-state index contributed by atoms with van der Waals surface area (Å²) in [6.45, 7) is 3.27. The Balaban J connectivity index is 1.79. The first-order valence-electron chi connectivity index (χ1n) is 7.11. The minimum Gasteiger partial charge on any atom is -0.494 e. The first-order chi connectivity index (χ1) is 10.8. The Hall–Kier alpha value is -2.40. The van der Waals surface area contributed by atoms with Crippen molar-refractivity contribution in [1.29, 1.82) is 0 Å². The third-order valence-electron chi connectivity index (χ3n) is 2.84. The molecular weight excluding hydrogens is 294 g/mol. The smallest absolute Gasteiger partial charge is 0.187 e. The van der Waals surface area contributed by atoms with Gasteiger partial charge in [0, 0.05) is 6.54 Å². The normalized spacial score (nSPS) is 10.4. The van der Waals surface area contributed by atoms with Crippen LogP contribution in [0.4, 0.5) is 0 Å². The van der Waals surface area contributed by atoms with Crippen molar-refractivity contribution >= 4 is 23.5 Å². The summed E-state index contributed by atoms with van der Waals surface area (Å²) in [6, 6.07) is 17.8. The molecule has 0 fully saturated rings. The molecule has 0 atom stereocenters. The molecule has 0 spiro atoms. The fourth-order valence-corrected chi connectivity index (χ4v) is 1.96.